The smallest absolute Gasteiger partial charge is 0.329 e. The first kappa shape index (κ1) is 74.6. The van der Waals surface area contributed by atoms with E-state index in [-0.39, 0.29) is 79.7 Å². The second-order valence-electron chi connectivity index (χ2n) is 28.5. The van der Waals surface area contributed by atoms with Crippen LogP contribution in [0, 0.1) is 35.5 Å². The van der Waals surface area contributed by atoms with Gasteiger partial charge in [0.25, 0.3) is 17.6 Å². The number of hydrogen-bond donors (Lipinski definition) is 3. The van der Waals surface area contributed by atoms with Crippen molar-refractivity contribution < 1.29 is 72.5 Å². The molecule has 530 valence electrons. The quantitative estimate of drug-likeness (QED) is 0.0972. The second kappa shape index (κ2) is 33.5. The van der Waals surface area contributed by atoms with Crippen LogP contribution in [0.4, 0.5) is 11.8 Å². The number of likely N-dealkylation sites (N-methyl/N-ethyl adjacent to an activating group) is 1. The molecule has 1 saturated carbocycles. The molecule has 2 bridgehead atoms. The molecule has 5 aliphatic heterocycles. The number of methoxy groups -OCH3 is 2. The molecule has 22 heteroatoms. The number of amides is 2. The number of hydrogen-bond acceptors (Lipinski definition) is 20. The number of anilines is 2. The predicted molar refractivity (Wildman–Crippen MR) is 368 cm³/mol. The summed E-state index contributed by atoms with van der Waals surface area (Å²) in [6.45, 7) is 20.3. The van der Waals surface area contributed by atoms with Crippen molar-refractivity contribution in [2.24, 2.45) is 35.5 Å². The van der Waals surface area contributed by atoms with Crippen LogP contribution in [0.1, 0.15) is 150 Å². The summed E-state index contributed by atoms with van der Waals surface area (Å²) in [7, 11) is 4.64. The van der Waals surface area contributed by atoms with E-state index in [0.717, 1.165) is 16.8 Å². The lowest BCUT2D eigenvalue weighted by Crippen LogP contribution is -2.61. The zero-order chi connectivity index (χ0) is 70.0. The number of aromatic nitrogens is 3. The number of aliphatic hydroxyl groups excluding tert-OH is 2. The highest BCUT2D eigenvalue weighted by Gasteiger charge is 2.53. The Kier molecular flexibility index (Phi) is 25.7. The van der Waals surface area contributed by atoms with Gasteiger partial charge >= 0.3 is 5.97 Å². The van der Waals surface area contributed by atoms with Crippen molar-refractivity contribution in [2.75, 3.05) is 77.1 Å². The van der Waals surface area contributed by atoms with E-state index in [2.05, 4.69) is 23.6 Å². The molecule has 5 fully saturated rings. The summed E-state index contributed by atoms with van der Waals surface area (Å²) in [5.74, 6) is -7.85. The number of fused-ring (bicyclic) bond motifs is 4. The minimum Gasteiger partial charge on any atom is -0.460 e. The minimum atomic E-state index is -2.61. The molecular formula is C75H105N7O15. The van der Waals surface area contributed by atoms with Crippen molar-refractivity contribution in [1.29, 1.82) is 0 Å². The molecule has 2 aromatic heterocycles. The van der Waals surface area contributed by atoms with E-state index in [1.807, 2.05) is 75.4 Å². The summed E-state index contributed by atoms with van der Waals surface area (Å²) in [4.78, 5) is 111. The van der Waals surface area contributed by atoms with Gasteiger partial charge < -0.3 is 63.3 Å². The van der Waals surface area contributed by atoms with E-state index in [9.17, 15) is 39.3 Å². The Balaban J connectivity index is 1.03. The van der Waals surface area contributed by atoms with E-state index >= 15 is 4.79 Å². The van der Waals surface area contributed by atoms with Crippen molar-refractivity contribution in [3.8, 4) is 11.3 Å². The third kappa shape index (κ3) is 17.7. The number of ketones is 3. The average Bonchev–Trinajstić information content (AvgIpc) is 0.773. The molecule has 2 amide bonds. The number of morpholine rings is 2. The fourth-order valence-corrected chi connectivity index (χ4v) is 15.0. The molecule has 3 aromatic rings. The predicted octanol–water partition coefficient (Wildman–Crippen LogP) is 8.76. The van der Waals surface area contributed by atoms with Gasteiger partial charge in [-0.1, -0.05) is 88.8 Å². The third-order valence-electron chi connectivity index (χ3n) is 21.2. The normalized spacial score (nSPS) is 34.4. The first-order valence-corrected chi connectivity index (χ1v) is 35.2. The Morgan fingerprint density at radius 1 is 0.794 bits per heavy atom. The van der Waals surface area contributed by atoms with Crippen LogP contribution in [0.15, 0.2) is 84.0 Å². The van der Waals surface area contributed by atoms with Crippen LogP contribution >= 0.6 is 0 Å². The molecule has 7 heterocycles. The molecule has 97 heavy (non-hydrogen) atoms. The largest absolute Gasteiger partial charge is 0.460 e. The molecule has 9 rings (SSSR count). The van der Waals surface area contributed by atoms with Gasteiger partial charge in [-0.25, -0.2) is 9.78 Å². The molecule has 1 unspecified atom stereocenters. The summed E-state index contributed by atoms with van der Waals surface area (Å²) in [6, 6.07) is 9.36. The standard InChI is InChI=1S/C75H105N7O15/c1-44-19-14-13-15-20-45(2)60(79(10)71(88)55-22-18-21-54(39-55)58-28-27-57-69(76-58)77-74(81-32-34-95-43-52(81)9)78-70(57)80-31-33-94-42-51(80)8)40-56-26-24-50(7)75(91,97-56)68(87)72(89)82-30-17-16-23-59(82)73(90)96-63(47(4)37-53-25-29-61(83)64(38-53)92-11)41-62(84)46(3)36-49(6)66(86)67(93-12)65(85)48(5)35-44/h13-15,18-22,27-28,36,39,44,46-48,50-53,56,59-61,63-64,66-67,83,86,91H,16-17,23-26,29-35,37-38,40-43H2,1-12H3/b15-13+,19-14+,45-20-,49-36+/t44-,46-,47?,48-,50-,51+,52+,53-,56+,59+,60-,61-,63+,64-,66-,67+,75-/m1/s1. The maximum Gasteiger partial charge on any atom is 0.329 e. The summed E-state index contributed by atoms with van der Waals surface area (Å²) in [5.41, 5.74) is 3.27. The van der Waals surface area contributed by atoms with Crippen LogP contribution in [-0.4, -0.2) is 209 Å². The van der Waals surface area contributed by atoms with Gasteiger partial charge in [-0.15, -0.1) is 0 Å². The Morgan fingerprint density at radius 3 is 2.24 bits per heavy atom. The number of carbonyl (C=O) groups excluding carboxylic acids is 6. The van der Waals surface area contributed by atoms with Crippen LogP contribution in [0.2, 0.25) is 0 Å². The number of rotatable bonds is 10. The van der Waals surface area contributed by atoms with E-state index in [0.29, 0.717) is 125 Å². The Bertz CT molecular complexity index is 3410. The highest BCUT2D eigenvalue weighted by molar-refractivity contribution is 6.39. The number of cyclic esters (lactones) is 1. The third-order valence-corrected chi connectivity index (χ3v) is 21.2. The number of nitrogens with zero attached hydrogens (tertiary/aromatic N) is 7. The summed E-state index contributed by atoms with van der Waals surface area (Å²) >= 11 is 0. The van der Waals surface area contributed by atoms with Gasteiger partial charge in [0.15, 0.2) is 11.4 Å². The number of aliphatic hydroxyl groups is 3. The fourth-order valence-electron chi connectivity index (χ4n) is 15.0. The second-order valence-corrected chi connectivity index (χ2v) is 28.5. The number of carbonyl (C=O) groups is 6. The van der Waals surface area contributed by atoms with Gasteiger partial charge in [0.05, 0.1) is 73.9 Å². The lowest BCUT2D eigenvalue weighted by Gasteiger charge is -2.43. The highest BCUT2D eigenvalue weighted by Crippen LogP contribution is 2.39. The highest BCUT2D eigenvalue weighted by atomic mass is 16.6. The molecule has 17 atom stereocenters. The lowest BCUT2D eigenvalue weighted by molar-refractivity contribution is -0.264. The van der Waals surface area contributed by atoms with Gasteiger partial charge in [0, 0.05) is 76.2 Å². The van der Waals surface area contributed by atoms with Gasteiger partial charge in [-0.05, 0) is 146 Å². The van der Waals surface area contributed by atoms with Crippen LogP contribution in [0.3, 0.4) is 0 Å². The SMILES string of the molecule is CO[C@@H]1C[C@@H](CC(C)[C@@H]2CC(=O)[C@H](C)/C=C(\C)[C@@H](O)[C@@H](OC)C(=O)[C@H](C)C[C@H](C)/C=C/C=C/C=C(/C)[C@H](N(C)C(=O)c3cccc(-c4ccc5c(N6CCOC[C@@H]6C)nc(N6CCOC[C@@H]6C)nc5n4)c3)C[C@@H]3CC[C@@H](C)[C@@](O)(O3)C(=O)C(=O)N3CCCC[C@H]3C(=O)O2)CC[C@H]1O. The molecule has 1 aliphatic carbocycles. The van der Waals surface area contributed by atoms with Gasteiger partial charge in [-0.3, -0.25) is 24.0 Å². The van der Waals surface area contributed by atoms with Gasteiger partial charge in [0.2, 0.25) is 11.7 Å². The zero-order valence-electron chi connectivity index (χ0n) is 59.0. The van der Waals surface area contributed by atoms with Gasteiger partial charge in [-0.2, -0.15) is 9.97 Å². The molecule has 0 radical (unpaired) electrons. The van der Waals surface area contributed by atoms with E-state index in [4.69, 9.17) is 43.4 Å². The number of benzene rings is 1. The van der Waals surface area contributed by atoms with Crippen molar-refractivity contribution in [3.63, 3.8) is 0 Å². The molecule has 3 N–H and O–H groups in total. The number of ether oxygens (including phenoxy) is 6. The molecular weight excluding hydrogens is 1240 g/mol. The Morgan fingerprint density at radius 2 is 1.53 bits per heavy atom. The van der Waals surface area contributed by atoms with E-state index in [1.165, 1.54) is 12.0 Å². The summed E-state index contributed by atoms with van der Waals surface area (Å²) in [6.07, 6.45) is 10.1. The maximum atomic E-state index is 15.2. The Labute approximate surface area is 572 Å². The lowest BCUT2D eigenvalue weighted by atomic mass is 9.78. The van der Waals surface area contributed by atoms with Crippen molar-refractivity contribution in [1.82, 2.24) is 24.8 Å². The number of esters is 1. The maximum absolute atomic E-state index is 15.2. The van der Waals surface area contributed by atoms with E-state index in [1.54, 1.807) is 65.0 Å². The summed E-state index contributed by atoms with van der Waals surface area (Å²) in [5, 5.41) is 35.7. The molecule has 4 saturated heterocycles. The molecule has 0 spiro atoms. The van der Waals surface area contributed by atoms with Crippen LogP contribution in [-0.2, 0) is 52.4 Å². The topological polar surface area (TPSA) is 270 Å². The number of pyridine rings is 1. The van der Waals surface area contributed by atoms with Crippen molar-refractivity contribution in [3.05, 3.63) is 89.6 Å². The minimum absolute atomic E-state index is 0.0187. The first-order chi connectivity index (χ1) is 46.3. The number of allylic oxidation sites excluding steroid dienone is 6. The zero-order valence-corrected chi connectivity index (χ0v) is 59.0. The average molecular weight is 1340 g/mol. The fraction of sp³-hybridized carbons (Fsp3) is 0.640. The van der Waals surface area contributed by atoms with Crippen LogP contribution in [0.25, 0.3) is 22.3 Å². The van der Waals surface area contributed by atoms with Crippen molar-refractivity contribution >= 4 is 57.9 Å². The molecule has 22 nitrogen and oxygen atoms in total. The number of Topliss-reactive ketones (excluding diaryl/α,β-unsaturated/α-hetero) is 3. The first-order valence-electron chi connectivity index (χ1n) is 35.2. The van der Waals surface area contributed by atoms with E-state index < -0.39 is 89.7 Å². The van der Waals surface area contributed by atoms with Crippen LogP contribution < -0.4 is 9.80 Å². The summed E-state index contributed by atoms with van der Waals surface area (Å²) < 4.78 is 35.8. The molecule has 6 aliphatic rings. The Hall–Kier alpha value is -6.63. The molecule has 1 aromatic carbocycles. The number of piperidine rings is 1. The van der Waals surface area contributed by atoms with Gasteiger partial charge in [0.1, 0.15) is 36.0 Å². The van der Waals surface area contributed by atoms with Crippen LogP contribution in [0.5, 0.6) is 0 Å². The van der Waals surface area contributed by atoms with Crippen molar-refractivity contribution in [2.45, 2.75) is 206 Å². The monoisotopic (exact) mass is 1340 g/mol.